The maximum absolute atomic E-state index is 2.90. The van der Waals surface area contributed by atoms with Gasteiger partial charge in [0, 0.05) is 69.2 Å². The van der Waals surface area contributed by atoms with Gasteiger partial charge in [0.05, 0.1) is 0 Å². The molecule has 2 atom stereocenters. The van der Waals surface area contributed by atoms with E-state index in [1.54, 1.807) is 0 Å². The summed E-state index contributed by atoms with van der Waals surface area (Å²) in [7, 11) is 4.65. The van der Waals surface area contributed by atoms with E-state index in [0.29, 0.717) is 17.9 Å². The van der Waals surface area contributed by atoms with E-state index in [2.05, 4.69) is 101 Å². The summed E-state index contributed by atoms with van der Waals surface area (Å²) in [6.45, 7) is 12.0. The van der Waals surface area contributed by atoms with Crippen LogP contribution in [0.5, 0.6) is 0 Å². The molecule has 34 heavy (non-hydrogen) atoms. The third kappa shape index (κ3) is 4.83. The molecule has 3 aliphatic heterocycles. The second-order valence-corrected chi connectivity index (χ2v) is 11.1. The molecule has 1 aliphatic carbocycles. The van der Waals surface area contributed by atoms with Gasteiger partial charge in [0.1, 0.15) is 0 Å². The molecule has 0 aromatic heterocycles. The minimum absolute atomic E-state index is 0.263. The number of nitrogens with zero attached hydrogens (tertiary/aromatic N) is 4. The lowest BCUT2D eigenvalue weighted by atomic mass is 9.63. The van der Waals surface area contributed by atoms with Gasteiger partial charge in [-0.3, -0.25) is 9.80 Å². The van der Waals surface area contributed by atoms with Gasteiger partial charge in [0.25, 0.3) is 0 Å². The van der Waals surface area contributed by atoms with Crippen LogP contribution in [0.3, 0.4) is 0 Å². The van der Waals surface area contributed by atoms with E-state index in [9.17, 15) is 0 Å². The SMILES string of the molecule is CCN1CCN(CCN2CCC3(N(C)C)CC(c4ccccc4)C2C(c2ccccc2)C3)CC1. The topological polar surface area (TPSA) is 13.0 Å². The first-order valence-electron chi connectivity index (χ1n) is 13.6. The Bertz CT molecular complexity index is 841. The zero-order chi connectivity index (χ0) is 23.5. The van der Waals surface area contributed by atoms with Crippen LogP contribution >= 0.6 is 0 Å². The first-order chi connectivity index (χ1) is 16.6. The second kappa shape index (κ2) is 10.5. The van der Waals surface area contributed by atoms with Crippen molar-refractivity contribution in [3.05, 3.63) is 71.8 Å². The number of hydrogen-bond acceptors (Lipinski definition) is 4. The Hall–Kier alpha value is -1.72. The Labute approximate surface area is 207 Å². The van der Waals surface area contributed by atoms with E-state index in [-0.39, 0.29) is 5.54 Å². The molecule has 2 aromatic rings. The largest absolute Gasteiger partial charge is 0.304 e. The minimum atomic E-state index is 0.263. The highest BCUT2D eigenvalue weighted by Gasteiger charge is 2.52. The van der Waals surface area contributed by atoms with Gasteiger partial charge in [-0.1, -0.05) is 67.6 Å². The molecular formula is C30H44N4. The fourth-order valence-corrected chi connectivity index (χ4v) is 7.12. The number of benzene rings is 2. The molecule has 0 amide bonds. The van der Waals surface area contributed by atoms with Crippen LogP contribution in [-0.2, 0) is 0 Å². The summed E-state index contributed by atoms with van der Waals surface area (Å²) in [4.78, 5) is 10.8. The van der Waals surface area contributed by atoms with Crippen molar-refractivity contribution in [2.24, 2.45) is 0 Å². The number of piperazine rings is 1. The fraction of sp³-hybridized carbons (Fsp3) is 0.600. The van der Waals surface area contributed by atoms with Gasteiger partial charge < -0.3 is 9.80 Å². The molecule has 2 bridgehead atoms. The molecule has 2 unspecified atom stereocenters. The number of rotatable bonds is 7. The summed E-state index contributed by atoms with van der Waals surface area (Å²) in [5.41, 5.74) is 3.32. The Morgan fingerprint density at radius 3 is 1.76 bits per heavy atom. The molecule has 3 heterocycles. The summed E-state index contributed by atoms with van der Waals surface area (Å²) in [6.07, 6.45) is 3.81. The van der Waals surface area contributed by atoms with Crippen molar-refractivity contribution in [2.75, 3.05) is 66.5 Å². The molecule has 4 nitrogen and oxygen atoms in total. The molecule has 2 aromatic carbocycles. The average Bonchev–Trinajstić information content (AvgIpc) is 3.16. The number of likely N-dealkylation sites (N-methyl/N-ethyl adjacent to an activating group) is 1. The maximum Gasteiger partial charge on any atom is 0.0235 e. The maximum atomic E-state index is 2.90. The van der Waals surface area contributed by atoms with Crippen LogP contribution in [0, 0.1) is 0 Å². The zero-order valence-electron chi connectivity index (χ0n) is 21.6. The van der Waals surface area contributed by atoms with Crippen molar-refractivity contribution in [1.29, 1.82) is 0 Å². The Balaban J connectivity index is 1.46. The lowest BCUT2D eigenvalue weighted by Crippen LogP contribution is -2.53. The quantitative estimate of drug-likeness (QED) is 0.609. The van der Waals surface area contributed by atoms with E-state index in [1.165, 1.54) is 82.7 Å². The number of fused-ring (bicyclic) bond motifs is 4. The summed E-state index contributed by atoms with van der Waals surface area (Å²) in [5, 5.41) is 0. The minimum Gasteiger partial charge on any atom is -0.304 e. The fourth-order valence-electron chi connectivity index (χ4n) is 7.12. The summed E-state index contributed by atoms with van der Waals surface area (Å²) in [6, 6.07) is 23.4. The first-order valence-corrected chi connectivity index (χ1v) is 13.6. The number of hydrogen-bond donors (Lipinski definition) is 0. The zero-order valence-corrected chi connectivity index (χ0v) is 21.6. The Morgan fingerprint density at radius 1 is 0.735 bits per heavy atom. The molecule has 6 rings (SSSR count). The highest BCUT2D eigenvalue weighted by molar-refractivity contribution is 5.32. The second-order valence-electron chi connectivity index (χ2n) is 11.1. The molecule has 0 N–H and O–H groups in total. The highest BCUT2D eigenvalue weighted by Crippen LogP contribution is 2.53. The van der Waals surface area contributed by atoms with Crippen LogP contribution in [-0.4, -0.2) is 97.6 Å². The van der Waals surface area contributed by atoms with Crippen molar-refractivity contribution in [3.63, 3.8) is 0 Å². The van der Waals surface area contributed by atoms with Crippen LogP contribution in [0.2, 0.25) is 0 Å². The lowest BCUT2D eigenvalue weighted by molar-refractivity contribution is 0.0612. The molecule has 0 radical (unpaired) electrons. The molecule has 1 saturated carbocycles. The average molecular weight is 461 g/mol. The van der Waals surface area contributed by atoms with Crippen LogP contribution in [0.4, 0.5) is 0 Å². The van der Waals surface area contributed by atoms with Crippen molar-refractivity contribution in [2.45, 2.75) is 49.6 Å². The molecule has 3 saturated heterocycles. The van der Waals surface area contributed by atoms with Gasteiger partial charge in [-0.2, -0.15) is 0 Å². The summed E-state index contributed by atoms with van der Waals surface area (Å²) < 4.78 is 0. The third-order valence-corrected chi connectivity index (χ3v) is 9.33. The summed E-state index contributed by atoms with van der Waals surface area (Å²) in [5.74, 6) is 1.14. The van der Waals surface area contributed by atoms with Gasteiger partial charge >= 0.3 is 0 Å². The highest BCUT2D eigenvalue weighted by atomic mass is 15.3. The van der Waals surface area contributed by atoms with Crippen molar-refractivity contribution in [1.82, 2.24) is 19.6 Å². The molecular weight excluding hydrogens is 416 g/mol. The smallest absolute Gasteiger partial charge is 0.0235 e. The van der Waals surface area contributed by atoms with Crippen molar-refractivity contribution < 1.29 is 0 Å². The van der Waals surface area contributed by atoms with Crippen molar-refractivity contribution in [3.8, 4) is 0 Å². The van der Waals surface area contributed by atoms with Crippen LogP contribution in [0.25, 0.3) is 0 Å². The normalized spacial score (nSPS) is 31.1. The molecule has 4 fully saturated rings. The first kappa shape index (κ1) is 24.0. The monoisotopic (exact) mass is 460 g/mol. The lowest BCUT2D eigenvalue weighted by Gasteiger charge is -2.51. The van der Waals surface area contributed by atoms with E-state index in [4.69, 9.17) is 0 Å². The predicted octanol–water partition coefficient (Wildman–Crippen LogP) is 4.36. The Kier molecular flexibility index (Phi) is 7.41. The van der Waals surface area contributed by atoms with Gasteiger partial charge in [0.15, 0.2) is 0 Å². The van der Waals surface area contributed by atoms with E-state index >= 15 is 0 Å². The molecule has 4 aliphatic rings. The standard InChI is InChI=1S/C30H44N4/c1-4-32-17-19-33(20-18-32)21-22-34-16-15-30(31(2)3)23-27(25-11-7-5-8-12-25)29(34)28(24-30)26-13-9-6-10-14-26/h5-14,27-29H,4,15-24H2,1-3H3. The van der Waals surface area contributed by atoms with Crippen LogP contribution < -0.4 is 0 Å². The van der Waals surface area contributed by atoms with Crippen molar-refractivity contribution >= 4 is 0 Å². The van der Waals surface area contributed by atoms with Gasteiger partial charge in [-0.25, -0.2) is 0 Å². The van der Waals surface area contributed by atoms with Gasteiger partial charge in [-0.05, 0) is 51.0 Å². The molecule has 184 valence electrons. The molecule has 0 spiro atoms. The summed E-state index contributed by atoms with van der Waals surface area (Å²) >= 11 is 0. The van der Waals surface area contributed by atoms with Gasteiger partial charge in [-0.15, -0.1) is 0 Å². The molecule has 4 heteroatoms. The third-order valence-electron chi connectivity index (χ3n) is 9.33. The van der Waals surface area contributed by atoms with Crippen LogP contribution in [0.1, 0.15) is 49.1 Å². The van der Waals surface area contributed by atoms with E-state index in [1.807, 2.05) is 0 Å². The van der Waals surface area contributed by atoms with E-state index < -0.39 is 0 Å². The van der Waals surface area contributed by atoms with Gasteiger partial charge in [0.2, 0.25) is 0 Å². The Morgan fingerprint density at radius 2 is 1.26 bits per heavy atom. The predicted molar refractivity (Wildman–Crippen MR) is 143 cm³/mol. The van der Waals surface area contributed by atoms with E-state index in [0.717, 1.165) is 0 Å². The van der Waals surface area contributed by atoms with Crippen LogP contribution in [0.15, 0.2) is 60.7 Å².